The van der Waals surface area contributed by atoms with Crippen molar-refractivity contribution >= 4 is 27.5 Å². The van der Waals surface area contributed by atoms with Crippen LogP contribution in [0.4, 0.5) is 5.69 Å². The molecule has 1 aliphatic heterocycles. The summed E-state index contributed by atoms with van der Waals surface area (Å²) in [4.78, 5) is 17.6. The van der Waals surface area contributed by atoms with Crippen molar-refractivity contribution in [1.82, 2.24) is 4.72 Å². The monoisotopic (exact) mass is 429 g/mol. The molecule has 0 aromatic heterocycles. The number of fused-ring (bicyclic) bond motifs is 1. The number of amidine groups is 1. The lowest BCUT2D eigenvalue weighted by Gasteiger charge is -2.18. The number of sulfonamides is 1. The van der Waals surface area contributed by atoms with Gasteiger partial charge in [0.25, 0.3) is 10.0 Å². The second kappa shape index (κ2) is 8.97. The first-order chi connectivity index (χ1) is 14.2. The number of carbonyl (C=O) groups is 1. The van der Waals surface area contributed by atoms with E-state index in [0.717, 1.165) is 5.56 Å². The van der Waals surface area contributed by atoms with Crippen molar-refractivity contribution in [2.45, 2.75) is 51.3 Å². The molecule has 2 aromatic carbocycles. The molecule has 0 bridgehead atoms. The molecule has 3 rings (SSSR count). The molecule has 0 saturated carbocycles. The van der Waals surface area contributed by atoms with Crippen LogP contribution in [0.25, 0.3) is 0 Å². The summed E-state index contributed by atoms with van der Waals surface area (Å²) in [5, 5.41) is 2.89. The largest absolute Gasteiger partial charge is 0.374 e. The molecule has 8 heteroatoms. The van der Waals surface area contributed by atoms with E-state index in [1.54, 1.807) is 24.3 Å². The maximum Gasteiger partial charge on any atom is 0.263 e. The number of hydrogen-bond donors (Lipinski definition) is 2. The Hall–Kier alpha value is -2.71. The molecule has 0 unspecified atom stereocenters. The molecule has 0 radical (unpaired) electrons. The number of benzene rings is 2. The van der Waals surface area contributed by atoms with Gasteiger partial charge in [-0.2, -0.15) is 0 Å². The van der Waals surface area contributed by atoms with Crippen LogP contribution in [-0.2, 0) is 26.2 Å². The average molecular weight is 430 g/mol. The summed E-state index contributed by atoms with van der Waals surface area (Å²) in [5.74, 6) is -0.247. The van der Waals surface area contributed by atoms with Crippen LogP contribution in [-0.4, -0.2) is 32.3 Å². The zero-order valence-electron chi connectivity index (χ0n) is 17.5. The van der Waals surface area contributed by atoms with Crippen LogP contribution < -0.4 is 10.0 Å². The third kappa shape index (κ3) is 5.06. The minimum absolute atomic E-state index is 0.113. The van der Waals surface area contributed by atoms with Gasteiger partial charge in [0, 0.05) is 11.3 Å². The fourth-order valence-electron chi connectivity index (χ4n) is 3.10. The van der Waals surface area contributed by atoms with E-state index in [2.05, 4.69) is 15.0 Å². The molecular formula is C22H27N3O4S. The van der Waals surface area contributed by atoms with Crippen molar-refractivity contribution in [2.24, 2.45) is 10.9 Å². The minimum atomic E-state index is -3.66. The Morgan fingerprint density at radius 3 is 2.53 bits per heavy atom. The first-order valence-electron chi connectivity index (χ1n) is 9.89. The van der Waals surface area contributed by atoms with E-state index >= 15 is 0 Å². The molecule has 0 aliphatic carbocycles. The molecule has 30 heavy (non-hydrogen) atoms. The van der Waals surface area contributed by atoms with Gasteiger partial charge in [-0.1, -0.05) is 38.1 Å². The third-order valence-electron chi connectivity index (χ3n) is 4.61. The van der Waals surface area contributed by atoms with Crippen molar-refractivity contribution in [3.8, 4) is 0 Å². The number of rotatable bonds is 7. The van der Waals surface area contributed by atoms with E-state index in [9.17, 15) is 13.2 Å². The summed E-state index contributed by atoms with van der Waals surface area (Å²) < 4.78 is 32.7. The lowest BCUT2D eigenvalue weighted by molar-refractivity contribution is -0.118. The number of anilines is 1. The van der Waals surface area contributed by atoms with Gasteiger partial charge in [-0.3, -0.25) is 14.5 Å². The molecule has 1 atom stereocenters. The average Bonchev–Trinajstić information content (AvgIpc) is 2.95. The number of nitrogens with zero attached hydrogens (tertiary/aromatic N) is 1. The minimum Gasteiger partial charge on any atom is -0.374 e. The van der Waals surface area contributed by atoms with Crippen LogP contribution in [0.1, 0.15) is 38.8 Å². The fraction of sp³-hybridized carbons (Fsp3) is 0.364. The number of amides is 1. The number of ether oxygens (including phenoxy) is 1. The van der Waals surface area contributed by atoms with E-state index in [4.69, 9.17) is 4.74 Å². The first kappa shape index (κ1) is 22.0. The topological polar surface area (TPSA) is 96.9 Å². The van der Waals surface area contributed by atoms with Crippen molar-refractivity contribution in [2.75, 3.05) is 5.32 Å². The van der Waals surface area contributed by atoms with Crippen LogP contribution in [0.15, 0.2) is 58.4 Å². The van der Waals surface area contributed by atoms with E-state index in [1.165, 1.54) is 6.07 Å². The zero-order chi connectivity index (χ0) is 21.9. The quantitative estimate of drug-likeness (QED) is 0.706. The van der Waals surface area contributed by atoms with Crippen molar-refractivity contribution < 1.29 is 17.9 Å². The first-order valence-corrected chi connectivity index (χ1v) is 11.4. The molecule has 1 heterocycles. The molecule has 2 aromatic rings. The van der Waals surface area contributed by atoms with Gasteiger partial charge >= 0.3 is 0 Å². The highest BCUT2D eigenvalue weighted by Gasteiger charge is 2.32. The van der Waals surface area contributed by atoms with Gasteiger partial charge in [0.1, 0.15) is 11.9 Å². The molecule has 0 fully saturated rings. The van der Waals surface area contributed by atoms with Crippen LogP contribution in [0.3, 0.4) is 0 Å². The van der Waals surface area contributed by atoms with E-state index < -0.39 is 16.1 Å². The fourth-order valence-corrected chi connectivity index (χ4v) is 4.34. The van der Waals surface area contributed by atoms with Gasteiger partial charge in [0.15, 0.2) is 0 Å². The summed E-state index contributed by atoms with van der Waals surface area (Å²) in [7, 11) is -3.66. The van der Waals surface area contributed by atoms with E-state index in [0.29, 0.717) is 17.9 Å². The SMILES string of the molecule is CC(C)OCc1cccc(NC(=O)[C@@H](N=C2NS(=O)(=O)c3ccccc32)C(C)C)c1. The van der Waals surface area contributed by atoms with Gasteiger partial charge in [-0.15, -0.1) is 0 Å². The predicted octanol–water partition coefficient (Wildman–Crippen LogP) is 3.31. The molecule has 160 valence electrons. The standard InChI is InChI=1S/C22H27N3O4S/c1-14(2)20(24-21-18-10-5-6-11-19(18)30(27,28)25-21)22(26)23-17-9-7-8-16(12-17)13-29-15(3)4/h5-12,14-15,20H,13H2,1-4H3,(H,23,26)(H,24,25)/t20-/m0/s1. The van der Waals surface area contributed by atoms with Crippen molar-refractivity contribution in [3.05, 3.63) is 59.7 Å². The smallest absolute Gasteiger partial charge is 0.263 e. The van der Waals surface area contributed by atoms with Crippen LogP contribution >= 0.6 is 0 Å². The van der Waals surface area contributed by atoms with E-state index in [1.807, 2.05) is 45.9 Å². The number of carbonyl (C=O) groups excluding carboxylic acids is 1. The van der Waals surface area contributed by atoms with Crippen LogP contribution in [0, 0.1) is 5.92 Å². The van der Waals surface area contributed by atoms with Crippen LogP contribution in [0.5, 0.6) is 0 Å². The molecular weight excluding hydrogens is 402 g/mol. The number of aliphatic imine (C=N–C) groups is 1. The Morgan fingerprint density at radius 2 is 1.83 bits per heavy atom. The number of nitrogens with one attached hydrogen (secondary N) is 2. The van der Waals surface area contributed by atoms with Gasteiger partial charge in [0.2, 0.25) is 5.91 Å². The lowest BCUT2D eigenvalue weighted by atomic mass is 10.0. The summed E-state index contributed by atoms with van der Waals surface area (Å²) in [6.07, 6.45) is 0.113. The Labute approximate surface area is 177 Å². The van der Waals surface area contributed by atoms with E-state index in [-0.39, 0.29) is 28.7 Å². The third-order valence-corrected chi connectivity index (χ3v) is 6.01. The van der Waals surface area contributed by atoms with Gasteiger partial charge < -0.3 is 10.1 Å². The maximum atomic E-state index is 13.0. The molecule has 7 nitrogen and oxygen atoms in total. The molecule has 1 amide bonds. The lowest BCUT2D eigenvalue weighted by Crippen LogP contribution is -2.34. The van der Waals surface area contributed by atoms with Gasteiger partial charge in [-0.05, 0) is 49.6 Å². The predicted molar refractivity (Wildman–Crippen MR) is 117 cm³/mol. The molecule has 2 N–H and O–H groups in total. The zero-order valence-corrected chi connectivity index (χ0v) is 18.4. The Bertz CT molecular complexity index is 1060. The summed E-state index contributed by atoms with van der Waals surface area (Å²) >= 11 is 0. The maximum absolute atomic E-state index is 13.0. The molecule has 0 saturated heterocycles. The van der Waals surface area contributed by atoms with Crippen molar-refractivity contribution in [3.63, 3.8) is 0 Å². The Kier molecular flexibility index (Phi) is 6.58. The second-order valence-electron chi connectivity index (χ2n) is 7.82. The normalized spacial score (nSPS) is 17.1. The summed E-state index contributed by atoms with van der Waals surface area (Å²) in [6, 6.07) is 13.3. The van der Waals surface area contributed by atoms with Gasteiger partial charge in [0.05, 0.1) is 17.6 Å². The Morgan fingerprint density at radius 1 is 1.10 bits per heavy atom. The van der Waals surface area contributed by atoms with Crippen LogP contribution in [0.2, 0.25) is 0 Å². The Balaban J connectivity index is 1.82. The summed E-state index contributed by atoms with van der Waals surface area (Å²) in [6.45, 7) is 8.13. The van der Waals surface area contributed by atoms with Gasteiger partial charge in [-0.25, -0.2) is 8.42 Å². The molecule has 1 aliphatic rings. The highest BCUT2D eigenvalue weighted by molar-refractivity contribution is 7.90. The summed E-state index contributed by atoms with van der Waals surface area (Å²) in [5.41, 5.74) is 2.07. The van der Waals surface area contributed by atoms with Crippen molar-refractivity contribution in [1.29, 1.82) is 0 Å². The number of hydrogen-bond acceptors (Lipinski definition) is 5. The molecule has 0 spiro atoms. The highest BCUT2D eigenvalue weighted by atomic mass is 32.2. The second-order valence-corrected chi connectivity index (χ2v) is 9.47. The highest BCUT2D eigenvalue weighted by Crippen LogP contribution is 2.24.